The Balaban J connectivity index is 4.10. The molecule has 6 heteroatoms. The van der Waals surface area contributed by atoms with E-state index in [2.05, 4.69) is 0 Å². The summed E-state index contributed by atoms with van der Waals surface area (Å²) >= 11 is 0. The van der Waals surface area contributed by atoms with Gasteiger partial charge in [0.2, 0.25) is 0 Å². The van der Waals surface area contributed by atoms with Crippen LogP contribution in [0.15, 0.2) is 0 Å². The van der Waals surface area contributed by atoms with Crippen molar-refractivity contribution in [2.24, 2.45) is 0 Å². The van der Waals surface area contributed by atoms with Gasteiger partial charge in [-0.25, -0.2) is 4.39 Å². The number of alkyl halides is 6. The zero-order valence-corrected chi connectivity index (χ0v) is 4.92. The lowest BCUT2D eigenvalue weighted by atomic mass is 10.4. The third kappa shape index (κ3) is 4.53. The van der Waals surface area contributed by atoms with Crippen LogP contribution in [0, 0.1) is 11.8 Å². The van der Waals surface area contributed by atoms with Crippen molar-refractivity contribution in [1.82, 2.24) is 0 Å². The van der Waals surface area contributed by atoms with Gasteiger partial charge in [-0.05, 0) is 5.92 Å². The highest BCUT2D eigenvalue weighted by molar-refractivity contribution is 5.08. The van der Waals surface area contributed by atoms with Crippen molar-refractivity contribution in [3.8, 4) is 11.8 Å². The third-order valence-electron chi connectivity index (χ3n) is 0.607. The van der Waals surface area contributed by atoms with Crippen LogP contribution in [0.4, 0.5) is 26.3 Å². The van der Waals surface area contributed by atoms with Gasteiger partial charge >= 0.3 is 6.18 Å². The van der Waals surface area contributed by atoms with E-state index in [1.807, 2.05) is 0 Å². The Hall–Kier alpha value is -0.860. The van der Waals surface area contributed by atoms with Crippen molar-refractivity contribution in [3.05, 3.63) is 0 Å². The van der Waals surface area contributed by atoms with Crippen LogP contribution in [-0.2, 0) is 0 Å². The Morgan fingerprint density at radius 2 is 1.36 bits per heavy atom. The molecule has 0 aliphatic heterocycles. The maximum atomic E-state index is 11.6. The molecule has 1 atom stereocenters. The molecular formula is C5H2F6. The first-order valence-corrected chi connectivity index (χ1v) is 2.34. The Kier molecular flexibility index (Phi) is 3.23. The van der Waals surface area contributed by atoms with Crippen molar-refractivity contribution in [2.75, 3.05) is 0 Å². The summed E-state index contributed by atoms with van der Waals surface area (Å²) in [7, 11) is 0. The van der Waals surface area contributed by atoms with E-state index in [-0.39, 0.29) is 0 Å². The van der Waals surface area contributed by atoms with E-state index in [4.69, 9.17) is 0 Å². The van der Waals surface area contributed by atoms with Crippen molar-refractivity contribution in [1.29, 1.82) is 0 Å². The topological polar surface area (TPSA) is 0 Å². The lowest BCUT2D eigenvalue weighted by Gasteiger charge is -2.04. The van der Waals surface area contributed by atoms with Crippen molar-refractivity contribution in [2.45, 2.75) is 18.8 Å². The molecule has 0 radical (unpaired) electrons. The summed E-state index contributed by atoms with van der Waals surface area (Å²) in [4.78, 5) is 0. The molecule has 0 nitrogen and oxygen atoms in total. The van der Waals surface area contributed by atoms with Crippen molar-refractivity contribution < 1.29 is 26.3 Å². The SMILES string of the molecule is FC(F)C#CC(F)C(F)(F)F. The fourth-order valence-corrected chi connectivity index (χ4v) is 0.218. The molecule has 0 saturated heterocycles. The van der Waals surface area contributed by atoms with Gasteiger partial charge in [-0.1, -0.05) is 5.92 Å². The highest BCUT2D eigenvalue weighted by atomic mass is 19.4. The number of halogens is 6. The molecule has 11 heavy (non-hydrogen) atoms. The molecule has 0 spiro atoms. The second kappa shape index (κ2) is 3.51. The number of hydrogen-bond donors (Lipinski definition) is 0. The zero-order valence-electron chi connectivity index (χ0n) is 4.92. The van der Waals surface area contributed by atoms with E-state index in [0.29, 0.717) is 0 Å². The molecule has 0 aliphatic carbocycles. The molecule has 0 aliphatic rings. The summed E-state index contributed by atoms with van der Waals surface area (Å²) in [5.41, 5.74) is 0. The molecular weight excluding hydrogens is 174 g/mol. The van der Waals surface area contributed by atoms with E-state index < -0.39 is 18.8 Å². The minimum atomic E-state index is -5.18. The van der Waals surface area contributed by atoms with Crippen LogP contribution >= 0.6 is 0 Å². The third-order valence-corrected chi connectivity index (χ3v) is 0.607. The molecule has 0 N–H and O–H groups in total. The number of rotatable bonds is 0. The Labute approximate surface area is 58.2 Å². The van der Waals surface area contributed by atoms with Gasteiger partial charge < -0.3 is 0 Å². The van der Waals surface area contributed by atoms with Gasteiger partial charge in [-0.15, -0.1) is 0 Å². The molecule has 64 valence electrons. The standard InChI is InChI=1S/C5H2F6/c6-3(5(9,10)11)1-2-4(7)8/h3-4H. The molecule has 1 unspecified atom stereocenters. The van der Waals surface area contributed by atoms with Gasteiger partial charge in [0.05, 0.1) is 0 Å². The van der Waals surface area contributed by atoms with Gasteiger partial charge in [0.15, 0.2) is 0 Å². The van der Waals surface area contributed by atoms with Crippen LogP contribution in [0.3, 0.4) is 0 Å². The maximum Gasteiger partial charge on any atom is 0.431 e. The van der Waals surface area contributed by atoms with Gasteiger partial charge in [-0.2, -0.15) is 22.0 Å². The first-order valence-electron chi connectivity index (χ1n) is 2.34. The molecule has 0 fully saturated rings. The summed E-state index contributed by atoms with van der Waals surface area (Å²) < 4.78 is 67.3. The maximum absolute atomic E-state index is 11.6. The second-order valence-electron chi connectivity index (χ2n) is 1.49. The molecule has 0 amide bonds. The van der Waals surface area contributed by atoms with Crippen LogP contribution in [0.5, 0.6) is 0 Å². The molecule has 0 rings (SSSR count). The first kappa shape index (κ1) is 10.1. The summed E-state index contributed by atoms with van der Waals surface area (Å²) in [6, 6.07) is 0. The van der Waals surface area contributed by atoms with Crippen LogP contribution < -0.4 is 0 Å². The lowest BCUT2D eigenvalue weighted by Crippen LogP contribution is -2.22. The predicted molar refractivity (Wildman–Crippen MR) is 24.7 cm³/mol. The summed E-state index contributed by atoms with van der Waals surface area (Å²) in [5, 5.41) is 0. The van der Waals surface area contributed by atoms with Crippen molar-refractivity contribution in [3.63, 3.8) is 0 Å². The fourth-order valence-electron chi connectivity index (χ4n) is 0.218. The summed E-state index contributed by atoms with van der Waals surface area (Å²) in [6.45, 7) is 0. The van der Waals surface area contributed by atoms with Gasteiger partial charge in [0, 0.05) is 0 Å². The fraction of sp³-hybridized carbons (Fsp3) is 0.600. The average Bonchev–Trinajstić information content (AvgIpc) is 1.80. The average molecular weight is 176 g/mol. The quantitative estimate of drug-likeness (QED) is 0.392. The molecule has 0 aromatic heterocycles. The van der Waals surface area contributed by atoms with E-state index in [0.717, 1.165) is 11.8 Å². The molecule has 0 saturated carbocycles. The normalized spacial score (nSPS) is 14.1. The highest BCUT2D eigenvalue weighted by Crippen LogP contribution is 2.21. The van der Waals surface area contributed by atoms with E-state index in [1.165, 1.54) is 0 Å². The van der Waals surface area contributed by atoms with E-state index in [1.54, 1.807) is 0 Å². The van der Waals surface area contributed by atoms with E-state index in [9.17, 15) is 26.3 Å². The molecule has 0 bridgehead atoms. The van der Waals surface area contributed by atoms with Gasteiger partial charge in [0.25, 0.3) is 12.6 Å². The van der Waals surface area contributed by atoms with Gasteiger partial charge in [-0.3, -0.25) is 0 Å². The Morgan fingerprint density at radius 1 is 0.909 bits per heavy atom. The lowest BCUT2D eigenvalue weighted by molar-refractivity contribution is -0.163. The largest absolute Gasteiger partial charge is 0.431 e. The Morgan fingerprint density at radius 3 is 1.64 bits per heavy atom. The van der Waals surface area contributed by atoms with Crippen LogP contribution in [-0.4, -0.2) is 18.8 Å². The van der Waals surface area contributed by atoms with E-state index >= 15 is 0 Å². The monoisotopic (exact) mass is 176 g/mol. The molecule has 0 aromatic rings. The van der Waals surface area contributed by atoms with Crippen LogP contribution in [0.2, 0.25) is 0 Å². The van der Waals surface area contributed by atoms with Crippen LogP contribution in [0.25, 0.3) is 0 Å². The summed E-state index contributed by atoms with van der Waals surface area (Å²) in [5.74, 6) is 1.50. The minimum absolute atomic E-state index is 0.730. The highest BCUT2D eigenvalue weighted by Gasteiger charge is 2.38. The van der Waals surface area contributed by atoms with Crippen LogP contribution in [0.1, 0.15) is 0 Å². The second-order valence-corrected chi connectivity index (χ2v) is 1.49. The predicted octanol–water partition coefficient (Wildman–Crippen LogP) is 2.16. The molecule has 0 aromatic carbocycles. The number of hydrogen-bond acceptors (Lipinski definition) is 0. The minimum Gasteiger partial charge on any atom is -0.223 e. The summed E-state index contributed by atoms with van der Waals surface area (Å²) in [6.07, 6.45) is -11.9. The molecule has 0 heterocycles. The van der Waals surface area contributed by atoms with Crippen molar-refractivity contribution >= 4 is 0 Å². The van der Waals surface area contributed by atoms with Gasteiger partial charge in [0.1, 0.15) is 0 Å². The zero-order chi connectivity index (χ0) is 9.07. The smallest absolute Gasteiger partial charge is 0.223 e. The first-order chi connectivity index (χ1) is 4.84. The Bertz CT molecular complexity index is 170.